The van der Waals surface area contributed by atoms with Crippen molar-refractivity contribution in [2.75, 3.05) is 26.2 Å². The van der Waals surface area contributed by atoms with E-state index in [9.17, 15) is 4.79 Å². The van der Waals surface area contributed by atoms with E-state index in [1.165, 1.54) is 11.1 Å². The van der Waals surface area contributed by atoms with E-state index < -0.39 is 0 Å². The summed E-state index contributed by atoms with van der Waals surface area (Å²) >= 11 is 0. The molecule has 2 fully saturated rings. The van der Waals surface area contributed by atoms with Crippen LogP contribution in [-0.4, -0.2) is 47.8 Å². The van der Waals surface area contributed by atoms with Crippen molar-refractivity contribution in [2.45, 2.75) is 50.0 Å². The number of rotatable bonds is 5. The number of pyridine rings is 1. The summed E-state index contributed by atoms with van der Waals surface area (Å²) in [7, 11) is 0. The highest BCUT2D eigenvalue weighted by molar-refractivity contribution is 5.75. The first-order valence-electron chi connectivity index (χ1n) is 10.6. The van der Waals surface area contributed by atoms with Crippen LogP contribution in [0, 0.1) is 0 Å². The first-order valence-corrected chi connectivity index (χ1v) is 10.6. The minimum atomic E-state index is -0.146. The predicted molar refractivity (Wildman–Crippen MR) is 114 cm³/mol. The van der Waals surface area contributed by atoms with Gasteiger partial charge in [0, 0.05) is 50.0 Å². The average molecular weight is 394 g/mol. The molecule has 1 aromatic heterocycles. The van der Waals surface area contributed by atoms with Crippen LogP contribution in [-0.2, 0) is 10.2 Å². The number of carbonyl (C=O) groups excluding carboxylic acids is 1. The molecule has 0 radical (unpaired) electrons. The van der Waals surface area contributed by atoms with Crippen LogP contribution in [0.3, 0.4) is 0 Å². The summed E-state index contributed by atoms with van der Waals surface area (Å²) in [6, 6.07) is 14.8. The van der Waals surface area contributed by atoms with E-state index >= 15 is 0 Å². The fraction of sp³-hybridized carbons (Fsp3) is 0.500. The highest BCUT2D eigenvalue weighted by atomic mass is 16.5. The molecule has 0 bridgehead atoms. The second-order valence-electron chi connectivity index (χ2n) is 9.05. The van der Waals surface area contributed by atoms with Gasteiger partial charge in [-0.05, 0) is 56.4 Å². The summed E-state index contributed by atoms with van der Waals surface area (Å²) in [5.74, 6) is 0.427. The summed E-state index contributed by atoms with van der Waals surface area (Å²) < 4.78 is 5.99. The van der Waals surface area contributed by atoms with Crippen LogP contribution >= 0.6 is 0 Å². The average Bonchev–Trinajstić information content (AvgIpc) is 2.68. The van der Waals surface area contributed by atoms with Gasteiger partial charge < -0.3 is 15.0 Å². The minimum Gasteiger partial charge on any atom is -0.376 e. The maximum atomic E-state index is 12.6. The SMILES string of the molecule is CC1(C)C[C@@](CCNC(=O)N2CC(c3ccncc3)C2)(c2ccccc2)CCO1. The topological polar surface area (TPSA) is 54.5 Å². The van der Waals surface area contributed by atoms with Gasteiger partial charge >= 0.3 is 6.03 Å². The molecule has 2 amide bonds. The number of nitrogens with one attached hydrogen (secondary N) is 1. The summed E-state index contributed by atoms with van der Waals surface area (Å²) in [5, 5.41) is 3.16. The van der Waals surface area contributed by atoms with E-state index in [1.54, 1.807) is 0 Å². The highest BCUT2D eigenvalue weighted by Crippen LogP contribution is 2.43. The van der Waals surface area contributed by atoms with Crippen LogP contribution in [0.5, 0.6) is 0 Å². The zero-order valence-electron chi connectivity index (χ0n) is 17.4. The first-order chi connectivity index (χ1) is 14.0. The van der Waals surface area contributed by atoms with Crippen LogP contribution in [0.4, 0.5) is 4.79 Å². The second kappa shape index (κ2) is 8.15. The fourth-order valence-electron chi connectivity index (χ4n) is 4.88. The van der Waals surface area contributed by atoms with Gasteiger partial charge in [0.1, 0.15) is 0 Å². The summed E-state index contributed by atoms with van der Waals surface area (Å²) in [5.41, 5.74) is 2.52. The molecule has 0 spiro atoms. The molecule has 2 aromatic rings. The maximum absolute atomic E-state index is 12.6. The monoisotopic (exact) mass is 393 g/mol. The summed E-state index contributed by atoms with van der Waals surface area (Å²) in [6.07, 6.45) is 6.52. The largest absolute Gasteiger partial charge is 0.376 e. The van der Waals surface area contributed by atoms with Crippen LogP contribution in [0.2, 0.25) is 0 Å². The van der Waals surface area contributed by atoms with Crippen molar-refractivity contribution >= 4 is 6.03 Å². The Bertz CT molecular complexity index is 819. The van der Waals surface area contributed by atoms with E-state index in [0.29, 0.717) is 12.5 Å². The third-order valence-electron chi connectivity index (χ3n) is 6.45. The van der Waals surface area contributed by atoms with Crippen molar-refractivity contribution in [3.63, 3.8) is 0 Å². The number of likely N-dealkylation sites (tertiary alicyclic amines) is 1. The number of ether oxygens (including phenoxy) is 1. The van der Waals surface area contributed by atoms with E-state index in [1.807, 2.05) is 29.4 Å². The van der Waals surface area contributed by atoms with Crippen molar-refractivity contribution in [1.82, 2.24) is 15.2 Å². The third-order valence-corrected chi connectivity index (χ3v) is 6.45. The lowest BCUT2D eigenvalue weighted by Gasteiger charge is -2.46. The molecule has 2 aliphatic heterocycles. The maximum Gasteiger partial charge on any atom is 0.317 e. The van der Waals surface area contributed by atoms with Gasteiger partial charge in [0.2, 0.25) is 0 Å². The Labute approximate surface area is 173 Å². The zero-order chi connectivity index (χ0) is 20.3. The number of nitrogens with zero attached hydrogens (tertiary/aromatic N) is 2. The number of aromatic nitrogens is 1. The van der Waals surface area contributed by atoms with E-state index in [2.05, 4.69) is 54.5 Å². The van der Waals surface area contributed by atoms with Crippen LogP contribution in [0.1, 0.15) is 50.2 Å². The lowest BCUT2D eigenvalue weighted by molar-refractivity contribution is -0.0839. The Balaban J connectivity index is 1.34. The van der Waals surface area contributed by atoms with Crippen molar-refractivity contribution in [2.24, 2.45) is 0 Å². The molecule has 4 rings (SSSR count). The summed E-state index contributed by atoms with van der Waals surface area (Å²) in [6.45, 7) is 7.33. The molecular formula is C24H31N3O2. The number of amides is 2. The molecule has 29 heavy (non-hydrogen) atoms. The quantitative estimate of drug-likeness (QED) is 0.832. The van der Waals surface area contributed by atoms with E-state index in [-0.39, 0.29) is 17.0 Å². The minimum absolute atomic E-state index is 0.0461. The Morgan fingerprint density at radius 3 is 2.59 bits per heavy atom. The molecule has 2 aliphatic rings. The molecule has 0 unspecified atom stereocenters. The van der Waals surface area contributed by atoms with Crippen LogP contribution in [0.25, 0.3) is 0 Å². The normalized spacial score (nSPS) is 24.0. The molecule has 2 saturated heterocycles. The van der Waals surface area contributed by atoms with E-state index in [4.69, 9.17) is 4.74 Å². The Morgan fingerprint density at radius 1 is 1.17 bits per heavy atom. The molecule has 154 valence electrons. The number of hydrogen-bond donors (Lipinski definition) is 1. The van der Waals surface area contributed by atoms with Crippen LogP contribution in [0.15, 0.2) is 54.9 Å². The molecule has 0 aliphatic carbocycles. The van der Waals surface area contributed by atoms with Crippen molar-refractivity contribution in [1.29, 1.82) is 0 Å². The van der Waals surface area contributed by atoms with Crippen molar-refractivity contribution < 1.29 is 9.53 Å². The number of hydrogen-bond acceptors (Lipinski definition) is 3. The standard InChI is InChI=1S/C24H31N3O2/c1-23(2)18-24(11-15-29-23,21-6-4-3-5-7-21)10-14-26-22(28)27-16-20(17-27)19-8-12-25-13-9-19/h3-9,12-13,20H,10-11,14-18H2,1-2H3,(H,26,28)/t24-/m0/s1. The Morgan fingerprint density at radius 2 is 1.90 bits per heavy atom. The third kappa shape index (κ3) is 4.45. The predicted octanol–water partition coefficient (Wildman–Crippen LogP) is 4.11. The van der Waals surface area contributed by atoms with Crippen molar-refractivity contribution in [3.05, 3.63) is 66.0 Å². The van der Waals surface area contributed by atoms with Gasteiger partial charge in [0.25, 0.3) is 0 Å². The lowest BCUT2D eigenvalue weighted by atomic mass is 9.67. The molecule has 3 heterocycles. The zero-order valence-corrected chi connectivity index (χ0v) is 17.4. The molecule has 1 aromatic carbocycles. The van der Waals surface area contributed by atoms with Crippen molar-refractivity contribution in [3.8, 4) is 0 Å². The fourth-order valence-corrected chi connectivity index (χ4v) is 4.88. The molecule has 5 heteroatoms. The number of benzene rings is 1. The molecule has 1 atom stereocenters. The molecular weight excluding hydrogens is 362 g/mol. The van der Waals surface area contributed by atoms with Gasteiger partial charge in [-0.15, -0.1) is 0 Å². The highest BCUT2D eigenvalue weighted by Gasteiger charge is 2.42. The lowest BCUT2D eigenvalue weighted by Crippen LogP contribution is -2.53. The van der Waals surface area contributed by atoms with Gasteiger partial charge in [0.05, 0.1) is 5.60 Å². The molecule has 1 N–H and O–H groups in total. The molecule has 0 saturated carbocycles. The van der Waals surface area contributed by atoms with Crippen LogP contribution < -0.4 is 5.32 Å². The summed E-state index contributed by atoms with van der Waals surface area (Å²) in [4.78, 5) is 18.6. The van der Waals surface area contributed by atoms with Gasteiger partial charge in [-0.25, -0.2) is 4.79 Å². The first kappa shape index (κ1) is 19.9. The van der Waals surface area contributed by atoms with Gasteiger partial charge in [-0.3, -0.25) is 4.98 Å². The molecule has 5 nitrogen and oxygen atoms in total. The smallest absolute Gasteiger partial charge is 0.317 e. The Hall–Kier alpha value is -2.40. The second-order valence-corrected chi connectivity index (χ2v) is 9.05. The van der Waals surface area contributed by atoms with Gasteiger partial charge in [0.15, 0.2) is 0 Å². The van der Waals surface area contributed by atoms with Gasteiger partial charge in [-0.2, -0.15) is 0 Å². The van der Waals surface area contributed by atoms with E-state index in [0.717, 1.165) is 39.0 Å². The Kier molecular flexibility index (Phi) is 5.59. The number of urea groups is 1. The number of carbonyl (C=O) groups is 1. The van der Waals surface area contributed by atoms with Gasteiger partial charge in [-0.1, -0.05) is 30.3 Å².